The minimum atomic E-state index is -4.53. The van der Waals surface area contributed by atoms with Gasteiger partial charge in [-0.1, -0.05) is 12.1 Å². The van der Waals surface area contributed by atoms with Crippen LogP contribution in [0.5, 0.6) is 0 Å². The van der Waals surface area contributed by atoms with Gasteiger partial charge in [-0.15, -0.1) is 0 Å². The molecule has 1 aromatic carbocycles. The van der Waals surface area contributed by atoms with E-state index in [0.29, 0.717) is 18.7 Å². The number of aliphatic hydroxyl groups is 1. The van der Waals surface area contributed by atoms with Gasteiger partial charge in [0.05, 0.1) is 6.54 Å². The fourth-order valence-electron chi connectivity index (χ4n) is 3.74. The van der Waals surface area contributed by atoms with Crippen molar-refractivity contribution in [3.63, 3.8) is 0 Å². The Bertz CT molecular complexity index is 1230. The Kier molecular flexibility index (Phi) is 5.37. The second-order valence-electron chi connectivity index (χ2n) is 7.22. The Morgan fingerprint density at radius 2 is 1.97 bits per heavy atom. The molecule has 1 unspecified atom stereocenters. The standard InChI is InChI=1S/C19H19FN4O6S/c20-12-3-1-11(2-4-12)7-22-18(27)13-8-23-9-14-21-5-6-24(14)19(28)15(23)17(16(13)26)31(29,30)10-25/h1-4,8,14,21,25H,5-7,9-10H2,(H,22,27). The summed E-state index contributed by atoms with van der Waals surface area (Å²) < 4.78 is 39.3. The van der Waals surface area contributed by atoms with Gasteiger partial charge in [-0.05, 0) is 17.7 Å². The van der Waals surface area contributed by atoms with Crippen LogP contribution < -0.4 is 16.1 Å². The Morgan fingerprint density at radius 3 is 2.65 bits per heavy atom. The van der Waals surface area contributed by atoms with Crippen LogP contribution in [0.3, 0.4) is 0 Å². The Hall–Kier alpha value is -3.09. The second kappa shape index (κ2) is 7.87. The van der Waals surface area contributed by atoms with Gasteiger partial charge in [-0.2, -0.15) is 0 Å². The van der Waals surface area contributed by atoms with Crippen molar-refractivity contribution in [2.24, 2.45) is 0 Å². The van der Waals surface area contributed by atoms with E-state index in [2.05, 4.69) is 10.6 Å². The zero-order chi connectivity index (χ0) is 22.3. The number of hydrogen-bond acceptors (Lipinski definition) is 7. The van der Waals surface area contributed by atoms with Gasteiger partial charge in [0.15, 0.2) is 0 Å². The van der Waals surface area contributed by atoms with E-state index in [0.717, 1.165) is 6.20 Å². The molecule has 1 fully saturated rings. The molecule has 2 aromatic rings. The quantitative estimate of drug-likeness (QED) is 0.533. The molecule has 31 heavy (non-hydrogen) atoms. The van der Waals surface area contributed by atoms with Gasteiger partial charge < -0.3 is 19.9 Å². The molecular weight excluding hydrogens is 431 g/mol. The van der Waals surface area contributed by atoms with E-state index in [9.17, 15) is 32.3 Å². The van der Waals surface area contributed by atoms with Gasteiger partial charge in [0.25, 0.3) is 11.8 Å². The minimum Gasteiger partial charge on any atom is -0.380 e. The fourth-order valence-corrected chi connectivity index (χ4v) is 4.76. The number of nitrogens with zero attached hydrogens (tertiary/aromatic N) is 2. The summed E-state index contributed by atoms with van der Waals surface area (Å²) in [5.41, 5.74) is -1.43. The average Bonchev–Trinajstić information content (AvgIpc) is 3.22. The summed E-state index contributed by atoms with van der Waals surface area (Å²) in [4.78, 5) is 39.1. The average molecular weight is 450 g/mol. The van der Waals surface area contributed by atoms with Gasteiger partial charge >= 0.3 is 0 Å². The highest BCUT2D eigenvalue weighted by Crippen LogP contribution is 2.24. The Balaban J connectivity index is 1.76. The number of hydrogen-bond donors (Lipinski definition) is 3. The number of benzene rings is 1. The van der Waals surface area contributed by atoms with Gasteiger partial charge in [0.1, 0.15) is 34.1 Å². The first-order valence-electron chi connectivity index (χ1n) is 9.41. The topological polar surface area (TPSA) is 138 Å². The Labute approximate surface area is 176 Å². The van der Waals surface area contributed by atoms with Gasteiger partial charge in [0, 0.05) is 25.8 Å². The van der Waals surface area contributed by atoms with Crippen LogP contribution in [-0.4, -0.2) is 60.0 Å². The van der Waals surface area contributed by atoms with Crippen molar-refractivity contribution in [3.05, 3.63) is 63.3 Å². The molecule has 3 heterocycles. The van der Waals surface area contributed by atoms with E-state index in [-0.39, 0.29) is 18.8 Å². The predicted octanol–water partition coefficient (Wildman–Crippen LogP) is -0.974. The number of halogens is 1. The monoisotopic (exact) mass is 450 g/mol. The summed E-state index contributed by atoms with van der Waals surface area (Å²) in [6, 6.07) is 5.34. The number of aromatic nitrogens is 1. The molecule has 164 valence electrons. The molecule has 1 aromatic heterocycles. The lowest BCUT2D eigenvalue weighted by Crippen LogP contribution is -2.50. The predicted molar refractivity (Wildman–Crippen MR) is 105 cm³/mol. The van der Waals surface area contributed by atoms with E-state index in [1.165, 1.54) is 33.7 Å². The molecule has 4 rings (SSSR count). The lowest BCUT2D eigenvalue weighted by Gasteiger charge is -2.33. The number of nitrogens with one attached hydrogen (secondary N) is 2. The Morgan fingerprint density at radius 1 is 1.26 bits per heavy atom. The van der Waals surface area contributed by atoms with Crippen LogP contribution in [0.1, 0.15) is 26.4 Å². The summed E-state index contributed by atoms with van der Waals surface area (Å²) >= 11 is 0. The SMILES string of the molecule is O=C(NCc1ccc(F)cc1)c1cn2c(c(S(=O)(=O)CO)c1=O)C(=O)N1CCNC1C2. The highest BCUT2D eigenvalue weighted by Gasteiger charge is 2.41. The number of fused-ring (bicyclic) bond motifs is 2. The maximum Gasteiger partial charge on any atom is 0.273 e. The maximum atomic E-state index is 13.0. The fraction of sp³-hybridized carbons (Fsp3) is 0.316. The maximum absolute atomic E-state index is 13.0. The number of rotatable bonds is 5. The van der Waals surface area contributed by atoms with Crippen LogP contribution in [0.2, 0.25) is 0 Å². The molecule has 0 bridgehead atoms. The zero-order valence-corrected chi connectivity index (χ0v) is 17.0. The molecule has 10 nitrogen and oxygen atoms in total. The molecular formula is C19H19FN4O6S. The summed E-state index contributed by atoms with van der Waals surface area (Å²) in [6.07, 6.45) is 0.755. The largest absolute Gasteiger partial charge is 0.380 e. The van der Waals surface area contributed by atoms with Crippen LogP contribution in [0, 0.1) is 5.82 Å². The van der Waals surface area contributed by atoms with Crippen LogP contribution in [-0.2, 0) is 22.9 Å². The van der Waals surface area contributed by atoms with Crippen molar-refractivity contribution in [1.29, 1.82) is 0 Å². The normalized spacial score (nSPS) is 17.9. The summed E-state index contributed by atoms with van der Waals surface area (Å²) in [5.74, 6) is -3.34. The number of sulfone groups is 1. The molecule has 2 aliphatic heterocycles. The van der Waals surface area contributed by atoms with Crippen molar-refractivity contribution >= 4 is 21.7 Å². The molecule has 0 spiro atoms. The molecule has 1 atom stereocenters. The van der Waals surface area contributed by atoms with Gasteiger partial charge in [0.2, 0.25) is 15.3 Å². The van der Waals surface area contributed by atoms with Crippen molar-refractivity contribution in [2.75, 3.05) is 19.0 Å². The first-order valence-corrected chi connectivity index (χ1v) is 11.1. The number of pyridine rings is 1. The number of carbonyl (C=O) groups excluding carboxylic acids is 2. The van der Waals surface area contributed by atoms with Crippen LogP contribution >= 0.6 is 0 Å². The van der Waals surface area contributed by atoms with Crippen molar-refractivity contribution in [1.82, 2.24) is 20.1 Å². The zero-order valence-electron chi connectivity index (χ0n) is 16.2. The molecule has 0 aliphatic carbocycles. The lowest BCUT2D eigenvalue weighted by molar-refractivity contribution is 0.0644. The van der Waals surface area contributed by atoms with Crippen LogP contribution in [0.15, 0.2) is 40.2 Å². The molecule has 0 radical (unpaired) electrons. The van der Waals surface area contributed by atoms with Crippen molar-refractivity contribution in [2.45, 2.75) is 24.2 Å². The van der Waals surface area contributed by atoms with E-state index in [1.807, 2.05) is 0 Å². The van der Waals surface area contributed by atoms with E-state index in [4.69, 9.17) is 0 Å². The molecule has 2 aliphatic rings. The third kappa shape index (κ3) is 3.73. The van der Waals surface area contributed by atoms with E-state index >= 15 is 0 Å². The van der Waals surface area contributed by atoms with Gasteiger partial charge in [-0.25, -0.2) is 12.8 Å². The van der Waals surface area contributed by atoms with Crippen LogP contribution in [0.4, 0.5) is 4.39 Å². The molecule has 3 N–H and O–H groups in total. The number of aliphatic hydroxyl groups excluding tert-OH is 1. The first-order chi connectivity index (χ1) is 14.7. The van der Waals surface area contributed by atoms with Crippen molar-refractivity contribution < 1.29 is 27.5 Å². The summed E-state index contributed by atoms with van der Waals surface area (Å²) in [5, 5.41) is 14.9. The minimum absolute atomic E-state index is 0.0285. The second-order valence-corrected chi connectivity index (χ2v) is 9.12. The molecule has 12 heteroatoms. The number of amides is 2. The number of carbonyl (C=O) groups is 2. The smallest absolute Gasteiger partial charge is 0.273 e. The lowest BCUT2D eigenvalue weighted by atomic mass is 10.1. The van der Waals surface area contributed by atoms with Crippen LogP contribution in [0.25, 0.3) is 0 Å². The third-order valence-corrected chi connectivity index (χ3v) is 6.61. The highest BCUT2D eigenvalue weighted by molar-refractivity contribution is 7.91. The molecule has 2 amide bonds. The summed E-state index contributed by atoms with van der Waals surface area (Å²) in [6.45, 7) is 0.950. The molecule has 0 saturated carbocycles. The van der Waals surface area contributed by atoms with E-state index in [1.54, 1.807) is 0 Å². The third-order valence-electron chi connectivity index (χ3n) is 5.27. The highest BCUT2D eigenvalue weighted by atomic mass is 32.2. The van der Waals surface area contributed by atoms with Gasteiger partial charge in [-0.3, -0.25) is 19.7 Å². The first kappa shape index (κ1) is 21.2. The van der Waals surface area contributed by atoms with Crippen molar-refractivity contribution in [3.8, 4) is 0 Å². The van der Waals surface area contributed by atoms with E-state index < -0.39 is 55.5 Å². The summed E-state index contributed by atoms with van der Waals surface area (Å²) in [7, 11) is -4.53. The molecule has 1 saturated heterocycles.